The van der Waals surface area contributed by atoms with E-state index in [0.717, 1.165) is 37.3 Å². The molecule has 1 unspecified atom stereocenters. The monoisotopic (exact) mass is 342 g/mol. The van der Waals surface area contributed by atoms with Gasteiger partial charge in [-0.15, -0.1) is 10.2 Å². The third-order valence-corrected chi connectivity index (χ3v) is 5.42. The number of aromatic nitrogens is 3. The molecule has 4 rings (SSSR count). The predicted molar refractivity (Wildman–Crippen MR) is 92.4 cm³/mol. The van der Waals surface area contributed by atoms with Crippen LogP contribution >= 0.6 is 0 Å². The molecule has 1 atom stereocenters. The van der Waals surface area contributed by atoms with Crippen LogP contribution in [0.2, 0.25) is 0 Å². The van der Waals surface area contributed by atoms with Crippen molar-refractivity contribution in [1.29, 1.82) is 0 Å². The van der Waals surface area contributed by atoms with E-state index in [1.807, 2.05) is 4.57 Å². The molecule has 1 saturated carbocycles. The summed E-state index contributed by atoms with van der Waals surface area (Å²) < 4.78 is 15.2. The van der Waals surface area contributed by atoms with E-state index in [-0.39, 0.29) is 17.6 Å². The fourth-order valence-corrected chi connectivity index (χ4v) is 4.02. The molecule has 6 heteroatoms. The van der Waals surface area contributed by atoms with Crippen LogP contribution < -0.4 is 5.32 Å². The summed E-state index contributed by atoms with van der Waals surface area (Å²) in [6.45, 7) is 1.57. The van der Waals surface area contributed by atoms with Crippen molar-refractivity contribution in [2.24, 2.45) is 5.92 Å². The number of halogens is 1. The molecule has 2 aromatic rings. The maximum absolute atomic E-state index is 13.2. The van der Waals surface area contributed by atoms with E-state index in [0.29, 0.717) is 11.7 Å². The molecule has 0 bridgehead atoms. The van der Waals surface area contributed by atoms with Gasteiger partial charge in [0.25, 0.3) is 0 Å². The van der Waals surface area contributed by atoms with Gasteiger partial charge < -0.3 is 9.88 Å². The standard InChI is InChI=1S/C19H23FN4O/c20-15-9-7-14(8-10-15)17-22-23-18-16(6-3-11-24(17)18)19(25)21-12-13-4-1-2-5-13/h7-10,13,16H,1-6,11-12H2,(H,21,25). The smallest absolute Gasteiger partial charge is 0.230 e. The first-order valence-corrected chi connectivity index (χ1v) is 9.19. The van der Waals surface area contributed by atoms with Gasteiger partial charge in [0.15, 0.2) is 5.82 Å². The number of rotatable bonds is 4. The zero-order valence-electron chi connectivity index (χ0n) is 14.2. The molecule has 0 saturated heterocycles. The highest BCUT2D eigenvalue weighted by Crippen LogP contribution is 2.31. The van der Waals surface area contributed by atoms with Crippen molar-refractivity contribution in [3.63, 3.8) is 0 Å². The van der Waals surface area contributed by atoms with E-state index in [1.165, 1.54) is 37.8 Å². The third kappa shape index (κ3) is 3.30. The molecule has 1 aliphatic heterocycles. The Hall–Kier alpha value is -2.24. The van der Waals surface area contributed by atoms with Crippen molar-refractivity contribution in [2.75, 3.05) is 6.54 Å². The lowest BCUT2D eigenvalue weighted by molar-refractivity contribution is -0.123. The van der Waals surface area contributed by atoms with Crippen LogP contribution in [0.3, 0.4) is 0 Å². The van der Waals surface area contributed by atoms with E-state index in [1.54, 1.807) is 12.1 Å². The van der Waals surface area contributed by atoms with Gasteiger partial charge in [0, 0.05) is 18.7 Å². The summed E-state index contributed by atoms with van der Waals surface area (Å²) in [5.41, 5.74) is 0.826. The molecule has 5 nitrogen and oxygen atoms in total. The second-order valence-electron chi connectivity index (χ2n) is 7.13. The van der Waals surface area contributed by atoms with Crippen molar-refractivity contribution in [2.45, 2.75) is 51.0 Å². The van der Waals surface area contributed by atoms with Crippen LogP contribution in [-0.2, 0) is 11.3 Å². The van der Waals surface area contributed by atoms with Gasteiger partial charge in [-0.1, -0.05) is 12.8 Å². The normalized spacial score (nSPS) is 20.4. The first kappa shape index (κ1) is 16.2. The van der Waals surface area contributed by atoms with Gasteiger partial charge in [0.1, 0.15) is 11.6 Å². The lowest BCUT2D eigenvalue weighted by atomic mass is 9.97. The number of carbonyl (C=O) groups is 1. The molecule has 2 aliphatic rings. The summed E-state index contributed by atoms with van der Waals surface area (Å²) in [5, 5.41) is 11.7. The zero-order valence-corrected chi connectivity index (χ0v) is 14.2. The van der Waals surface area contributed by atoms with E-state index in [4.69, 9.17) is 0 Å². The summed E-state index contributed by atoms with van der Waals surface area (Å²) in [6.07, 6.45) is 6.71. The zero-order chi connectivity index (χ0) is 17.2. The maximum Gasteiger partial charge on any atom is 0.230 e. The van der Waals surface area contributed by atoms with Crippen LogP contribution in [0.4, 0.5) is 4.39 Å². The van der Waals surface area contributed by atoms with E-state index >= 15 is 0 Å². The Morgan fingerprint density at radius 1 is 1.12 bits per heavy atom. The van der Waals surface area contributed by atoms with Crippen LogP contribution in [0.25, 0.3) is 11.4 Å². The quantitative estimate of drug-likeness (QED) is 0.928. The number of nitrogens with zero attached hydrogens (tertiary/aromatic N) is 3. The molecule has 1 aromatic heterocycles. The van der Waals surface area contributed by atoms with Crippen LogP contribution in [-0.4, -0.2) is 27.2 Å². The number of carbonyl (C=O) groups excluding carboxylic acids is 1. The van der Waals surface area contributed by atoms with Gasteiger partial charge >= 0.3 is 0 Å². The Balaban J connectivity index is 1.52. The molecule has 25 heavy (non-hydrogen) atoms. The number of amides is 1. The van der Waals surface area contributed by atoms with E-state index in [2.05, 4.69) is 15.5 Å². The second-order valence-corrected chi connectivity index (χ2v) is 7.13. The highest BCUT2D eigenvalue weighted by atomic mass is 19.1. The Labute approximate surface area is 146 Å². The Bertz CT molecular complexity index is 749. The van der Waals surface area contributed by atoms with Crippen LogP contribution in [0.5, 0.6) is 0 Å². The lowest BCUT2D eigenvalue weighted by Gasteiger charge is -2.23. The van der Waals surface area contributed by atoms with Crippen LogP contribution in [0.15, 0.2) is 24.3 Å². The molecule has 1 fully saturated rings. The minimum atomic E-state index is -0.272. The molecule has 0 radical (unpaired) electrons. The highest BCUT2D eigenvalue weighted by Gasteiger charge is 2.31. The lowest BCUT2D eigenvalue weighted by Crippen LogP contribution is -2.35. The van der Waals surface area contributed by atoms with Gasteiger partial charge in [0.2, 0.25) is 5.91 Å². The van der Waals surface area contributed by atoms with Gasteiger partial charge in [-0.05, 0) is 55.9 Å². The summed E-state index contributed by atoms with van der Waals surface area (Å²) >= 11 is 0. The Morgan fingerprint density at radius 2 is 1.88 bits per heavy atom. The van der Waals surface area contributed by atoms with Crippen LogP contribution in [0.1, 0.15) is 50.3 Å². The minimum Gasteiger partial charge on any atom is -0.355 e. The topological polar surface area (TPSA) is 59.8 Å². The second kappa shape index (κ2) is 6.94. The van der Waals surface area contributed by atoms with E-state index < -0.39 is 0 Å². The number of hydrogen-bond donors (Lipinski definition) is 1. The number of benzene rings is 1. The molecular weight excluding hydrogens is 319 g/mol. The number of nitrogens with one attached hydrogen (secondary N) is 1. The highest BCUT2D eigenvalue weighted by molar-refractivity contribution is 5.83. The first-order chi connectivity index (χ1) is 12.2. The van der Waals surface area contributed by atoms with Gasteiger partial charge in [0.05, 0.1) is 5.92 Å². The summed E-state index contributed by atoms with van der Waals surface area (Å²) in [7, 11) is 0. The molecule has 132 valence electrons. The predicted octanol–water partition coefficient (Wildman–Crippen LogP) is 3.27. The van der Waals surface area contributed by atoms with Crippen molar-refractivity contribution in [3.8, 4) is 11.4 Å². The van der Waals surface area contributed by atoms with Crippen molar-refractivity contribution in [3.05, 3.63) is 35.9 Å². The summed E-state index contributed by atoms with van der Waals surface area (Å²) in [5.74, 6) is 1.62. The Kier molecular flexibility index (Phi) is 4.51. The molecular formula is C19H23FN4O. The molecule has 0 spiro atoms. The Morgan fingerprint density at radius 3 is 2.64 bits per heavy atom. The maximum atomic E-state index is 13.2. The molecule has 1 amide bonds. The van der Waals surface area contributed by atoms with Gasteiger partial charge in [-0.2, -0.15) is 0 Å². The van der Waals surface area contributed by atoms with Crippen molar-refractivity contribution < 1.29 is 9.18 Å². The molecule has 1 aliphatic carbocycles. The fourth-order valence-electron chi connectivity index (χ4n) is 4.02. The number of hydrogen-bond acceptors (Lipinski definition) is 3. The molecule has 1 aromatic carbocycles. The average molecular weight is 342 g/mol. The molecule has 2 heterocycles. The van der Waals surface area contributed by atoms with Crippen molar-refractivity contribution in [1.82, 2.24) is 20.1 Å². The van der Waals surface area contributed by atoms with E-state index in [9.17, 15) is 9.18 Å². The minimum absolute atomic E-state index is 0.0610. The van der Waals surface area contributed by atoms with Crippen LogP contribution in [0, 0.1) is 11.7 Å². The fraction of sp³-hybridized carbons (Fsp3) is 0.526. The first-order valence-electron chi connectivity index (χ1n) is 9.19. The van der Waals surface area contributed by atoms with Gasteiger partial charge in [-0.25, -0.2) is 4.39 Å². The van der Waals surface area contributed by atoms with Crippen molar-refractivity contribution >= 4 is 5.91 Å². The average Bonchev–Trinajstić information content (AvgIpc) is 3.29. The summed E-state index contributed by atoms with van der Waals surface area (Å²) in [4.78, 5) is 12.7. The van der Waals surface area contributed by atoms with Gasteiger partial charge in [-0.3, -0.25) is 4.79 Å². The SMILES string of the molecule is O=C(NCC1CCCC1)C1CCCn2c(-c3ccc(F)cc3)nnc21. The third-order valence-electron chi connectivity index (χ3n) is 5.42. The molecule has 1 N–H and O–H groups in total. The largest absolute Gasteiger partial charge is 0.355 e. The number of fused-ring (bicyclic) bond motifs is 1. The summed E-state index contributed by atoms with van der Waals surface area (Å²) in [6, 6.07) is 6.25.